The first-order valence-corrected chi connectivity index (χ1v) is 12.4. The van der Waals surface area contributed by atoms with Crippen molar-refractivity contribution < 1.29 is 13.9 Å². The number of nitrogens with zero attached hydrogens (tertiary/aromatic N) is 7. The van der Waals surface area contributed by atoms with Gasteiger partial charge in [0.25, 0.3) is 0 Å². The molecule has 2 aliphatic rings. The van der Waals surface area contributed by atoms with Crippen molar-refractivity contribution in [1.29, 1.82) is 0 Å². The summed E-state index contributed by atoms with van der Waals surface area (Å²) in [6, 6.07) is 3.33. The van der Waals surface area contributed by atoms with Crippen molar-refractivity contribution in [2.45, 2.75) is 18.9 Å². The number of benzene rings is 1. The number of aliphatic hydroxyl groups is 1. The number of anilines is 3. The minimum Gasteiger partial charge on any atom is -0.395 e. The van der Waals surface area contributed by atoms with Crippen molar-refractivity contribution in [3.05, 3.63) is 48.9 Å². The number of aromatic nitrogens is 4. The van der Waals surface area contributed by atoms with E-state index in [4.69, 9.17) is 5.11 Å². The Hall–Kier alpha value is -3.15. The molecule has 0 aliphatic carbocycles. The molecule has 5 rings (SSSR count). The van der Waals surface area contributed by atoms with Gasteiger partial charge in [-0.15, -0.1) is 6.58 Å². The summed E-state index contributed by atoms with van der Waals surface area (Å²) >= 11 is 0. The Kier molecular flexibility index (Phi) is 7.40. The van der Waals surface area contributed by atoms with Gasteiger partial charge in [-0.3, -0.25) is 9.80 Å². The molecule has 3 aromatic rings. The predicted molar refractivity (Wildman–Crippen MR) is 136 cm³/mol. The Morgan fingerprint density at radius 2 is 1.92 bits per heavy atom. The van der Waals surface area contributed by atoms with Crippen LogP contribution in [-0.2, 0) is 0 Å². The Balaban J connectivity index is 1.33. The van der Waals surface area contributed by atoms with Crippen molar-refractivity contribution in [2.75, 3.05) is 69.2 Å². The lowest BCUT2D eigenvalue weighted by Crippen LogP contribution is -2.47. The SMILES string of the molecule is C=CCN1CCCC(n2cnc3cnc(Nc4ccc(N5CCN(CCO)CC5)c(F)c4F)nc32)C1. The molecule has 0 spiro atoms. The van der Waals surface area contributed by atoms with Crippen molar-refractivity contribution in [1.82, 2.24) is 29.3 Å². The third kappa shape index (κ3) is 5.04. The standard InChI is InChI=1S/C25H32F2N8O/c1-2-7-33-8-3-4-18(16-33)35-17-29-20-15-28-25(31-24(20)35)30-19-5-6-21(23(27)22(19)26)34-11-9-32(10-12-34)13-14-36/h2,5-6,15,17-18,36H,1,3-4,7-14,16H2,(H,28,30,31). The number of rotatable bonds is 8. The van der Waals surface area contributed by atoms with Crippen LogP contribution in [0, 0.1) is 11.6 Å². The first kappa shape index (κ1) is 24.5. The van der Waals surface area contributed by atoms with Crippen LogP contribution in [0.2, 0.25) is 0 Å². The number of piperidine rings is 1. The van der Waals surface area contributed by atoms with Gasteiger partial charge >= 0.3 is 0 Å². The highest BCUT2D eigenvalue weighted by molar-refractivity contribution is 5.72. The van der Waals surface area contributed by atoms with E-state index in [1.807, 2.05) is 15.5 Å². The number of likely N-dealkylation sites (tertiary alicyclic amines) is 1. The predicted octanol–water partition coefficient (Wildman–Crippen LogP) is 2.79. The van der Waals surface area contributed by atoms with Crippen LogP contribution in [0.1, 0.15) is 18.9 Å². The topological polar surface area (TPSA) is 85.6 Å². The summed E-state index contributed by atoms with van der Waals surface area (Å²) in [5, 5.41) is 12.0. The van der Waals surface area contributed by atoms with Gasteiger partial charge in [-0.1, -0.05) is 6.08 Å². The molecule has 0 radical (unpaired) electrons. The van der Waals surface area contributed by atoms with E-state index in [0.717, 1.165) is 32.5 Å². The summed E-state index contributed by atoms with van der Waals surface area (Å²) in [4.78, 5) is 19.6. The average Bonchev–Trinajstić information content (AvgIpc) is 3.32. The maximum atomic E-state index is 15.0. The van der Waals surface area contributed by atoms with Crippen molar-refractivity contribution in [3.8, 4) is 0 Å². The van der Waals surface area contributed by atoms with Gasteiger partial charge in [0.2, 0.25) is 5.95 Å². The van der Waals surface area contributed by atoms with E-state index < -0.39 is 11.6 Å². The zero-order chi connectivity index (χ0) is 25.1. The molecule has 11 heteroatoms. The lowest BCUT2D eigenvalue weighted by molar-refractivity contribution is 0.188. The molecule has 9 nitrogen and oxygen atoms in total. The Bertz CT molecular complexity index is 1210. The second-order valence-corrected chi connectivity index (χ2v) is 9.34. The zero-order valence-corrected chi connectivity index (χ0v) is 20.3. The third-order valence-corrected chi connectivity index (χ3v) is 7.01. The smallest absolute Gasteiger partial charge is 0.229 e. The Morgan fingerprint density at radius 1 is 1.08 bits per heavy atom. The Morgan fingerprint density at radius 3 is 2.69 bits per heavy atom. The van der Waals surface area contributed by atoms with Gasteiger partial charge in [-0.05, 0) is 31.5 Å². The monoisotopic (exact) mass is 498 g/mol. The lowest BCUT2D eigenvalue weighted by atomic mass is 10.1. The molecule has 2 aliphatic heterocycles. The van der Waals surface area contributed by atoms with E-state index in [2.05, 4.69) is 36.6 Å². The van der Waals surface area contributed by atoms with Crippen LogP contribution >= 0.6 is 0 Å². The van der Waals surface area contributed by atoms with Gasteiger partial charge in [0.05, 0.1) is 30.5 Å². The minimum atomic E-state index is -0.963. The third-order valence-electron chi connectivity index (χ3n) is 7.01. The van der Waals surface area contributed by atoms with Crippen LogP contribution < -0.4 is 10.2 Å². The molecule has 2 N–H and O–H groups in total. The summed E-state index contributed by atoms with van der Waals surface area (Å²) in [5.74, 6) is -1.67. The molecule has 36 heavy (non-hydrogen) atoms. The van der Waals surface area contributed by atoms with Gasteiger partial charge in [-0.25, -0.2) is 18.7 Å². The molecule has 2 aromatic heterocycles. The van der Waals surface area contributed by atoms with E-state index in [1.54, 1.807) is 18.6 Å². The van der Waals surface area contributed by atoms with E-state index in [0.29, 0.717) is 43.9 Å². The fourth-order valence-electron chi connectivity index (χ4n) is 5.11. The van der Waals surface area contributed by atoms with Gasteiger partial charge in [0, 0.05) is 51.9 Å². The number of aliphatic hydroxyl groups excluding tert-OH is 1. The molecule has 0 saturated carbocycles. The second kappa shape index (κ2) is 10.9. The number of hydrogen-bond donors (Lipinski definition) is 2. The average molecular weight is 499 g/mol. The molecular formula is C25H32F2N8O. The van der Waals surface area contributed by atoms with Gasteiger partial charge in [0.15, 0.2) is 17.3 Å². The van der Waals surface area contributed by atoms with Crippen LogP contribution in [0.3, 0.4) is 0 Å². The molecule has 4 heterocycles. The van der Waals surface area contributed by atoms with Crippen molar-refractivity contribution in [2.24, 2.45) is 0 Å². The summed E-state index contributed by atoms with van der Waals surface area (Å²) in [5.41, 5.74) is 1.54. The fraction of sp³-hybridized carbons (Fsp3) is 0.480. The van der Waals surface area contributed by atoms with Crippen LogP contribution in [0.4, 0.5) is 26.1 Å². The number of halogens is 2. The first-order chi connectivity index (χ1) is 17.6. The number of imidazole rings is 1. The molecule has 1 unspecified atom stereocenters. The fourth-order valence-corrected chi connectivity index (χ4v) is 5.11. The van der Waals surface area contributed by atoms with Gasteiger partial charge < -0.3 is 19.9 Å². The summed E-state index contributed by atoms with van der Waals surface area (Å²) in [6.45, 7) is 9.78. The Labute approximate surface area is 209 Å². The number of hydrogen-bond acceptors (Lipinski definition) is 8. The molecule has 2 fully saturated rings. The first-order valence-electron chi connectivity index (χ1n) is 12.4. The number of nitrogens with one attached hydrogen (secondary N) is 1. The molecule has 0 bridgehead atoms. The van der Waals surface area contributed by atoms with Crippen molar-refractivity contribution >= 4 is 28.5 Å². The number of fused-ring (bicyclic) bond motifs is 1. The quantitative estimate of drug-likeness (QED) is 0.459. The highest BCUT2D eigenvalue weighted by atomic mass is 19.2. The van der Waals surface area contributed by atoms with E-state index in [1.165, 1.54) is 6.07 Å². The van der Waals surface area contributed by atoms with Gasteiger partial charge in [-0.2, -0.15) is 4.98 Å². The molecular weight excluding hydrogens is 466 g/mol. The van der Waals surface area contributed by atoms with Crippen LogP contribution in [0.15, 0.2) is 37.3 Å². The summed E-state index contributed by atoms with van der Waals surface area (Å²) < 4.78 is 32.1. The highest BCUT2D eigenvalue weighted by Crippen LogP contribution is 2.30. The zero-order valence-electron chi connectivity index (χ0n) is 20.3. The number of β-amino-alcohol motifs (C(OH)–C–C–N with tert-alkyl or cyclic N) is 1. The van der Waals surface area contributed by atoms with Crippen LogP contribution in [0.5, 0.6) is 0 Å². The summed E-state index contributed by atoms with van der Waals surface area (Å²) in [6.07, 6.45) is 7.37. The molecule has 1 aromatic carbocycles. The maximum absolute atomic E-state index is 15.0. The van der Waals surface area contributed by atoms with Crippen molar-refractivity contribution in [3.63, 3.8) is 0 Å². The molecule has 0 amide bonds. The van der Waals surface area contributed by atoms with E-state index in [-0.39, 0.29) is 30.0 Å². The second-order valence-electron chi connectivity index (χ2n) is 9.34. The normalized spacial score (nSPS) is 19.6. The van der Waals surface area contributed by atoms with Crippen LogP contribution in [-0.4, -0.2) is 93.4 Å². The van der Waals surface area contributed by atoms with Crippen LogP contribution in [0.25, 0.3) is 11.2 Å². The summed E-state index contributed by atoms with van der Waals surface area (Å²) in [7, 11) is 0. The lowest BCUT2D eigenvalue weighted by Gasteiger charge is -2.36. The molecule has 192 valence electrons. The molecule has 1 atom stereocenters. The molecule has 2 saturated heterocycles. The maximum Gasteiger partial charge on any atom is 0.229 e. The minimum absolute atomic E-state index is 0.0181. The van der Waals surface area contributed by atoms with E-state index >= 15 is 8.78 Å². The van der Waals surface area contributed by atoms with E-state index in [9.17, 15) is 0 Å². The largest absolute Gasteiger partial charge is 0.395 e. The van der Waals surface area contributed by atoms with Gasteiger partial charge in [0.1, 0.15) is 5.52 Å². The number of piperazine rings is 1. The highest BCUT2D eigenvalue weighted by Gasteiger charge is 2.24.